The number of benzene rings is 2. The molecule has 0 heterocycles. The van der Waals surface area contributed by atoms with Crippen molar-refractivity contribution in [2.45, 2.75) is 84.5 Å². The van der Waals surface area contributed by atoms with Crippen molar-refractivity contribution in [3.8, 4) is 16.9 Å². The maximum Gasteiger partial charge on any atom is 0.204 e. The predicted molar refractivity (Wildman–Crippen MR) is 125 cm³/mol. The van der Waals surface area contributed by atoms with Gasteiger partial charge in [0.1, 0.15) is 0 Å². The summed E-state index contributed by atoms with van der Waals surface area (Å²) in [5.41, 5.74) is -4.62. The van der Waals surface area contributed by atoms with Gasteiger partial charge in [-0.3, -0.25) is 0 Å². The van der Waals surface area contributed by atoms with Gasteiger partial charge in [0.25, 0.3) is 0 Å². The zero-order valence-electron chi connectivity index (χ0n) is 21.1. The van der Waals surface area contributed by atoms with E-state index in [1.807, 2.05) is 0 Å². The van der Waals surface area contributed by atoms with Crippen molar-refractivity contribution in [3.05, 3.63) is 52.1 Å². The first kappa shape index (κ1) is 29.2. The first-order valence-corrected chi connectivity index (χ1v) is 13.0. The average molecular weight is 537 g/mol. The summed E-state index contributed by atoms with van der Waals surface area (Å²) in [5, 5.41) is 0. The van der Waals surface area contributed by atoms with Gasteiger partial charge in [0.05, 0.1) is 17.7 Å². The quantitative estimate of drug-likeness (QED) is 0.158. The minimum atomic E-state index is -2.22. The number of hydrogen-bond acceptors (Lipinski definition) is 1. The van der Waals surface area contributed by atoms with Gasteiger partial charge in [0, 0.05) is 5.56 Å². The van der Waals surface area contributed by atoms with Crippen LogP contribution in [0.4, 0.5) is 35.1 Å². The zero-order valence-corrected chi connectivity index (χ0v) is 21.1. The topological polar surface area (TPSA) is 9.23 Å². The Labute approximate surface area is 212 Å². The van der Waals surface area contributed by atoms with Gasteiger partial charge < -0.3 is 4.74 Å². The molecule has 9 heteroatoms. The molecule has 37 heavy (non-hydrogen) atoms. The van der Waals surface area contributed by atoms with Crippen LogP contribution in [0.3, 0.4) is 0 Å². The predicted octanol–water partition coefficient (Wildman–Crippen LogP) is 9.57. The van der Waals surface area contributed by atoms with Crippen molar-refractivity contribution in [1.82, 2.24) is 0 Å². The summed E-state index contributed by atoms with van der Waals surface area (Å²) in [6.45, 7) is 3.40. The molecule has 2 aromatic rings. The highest BCUT2D eigenvalue weighted by atomic mass is 19.2. The lowest BCUT2D eigenvalue weighted by molar-refractivity contribution is 0.248. The molecular weight excluding hydrogens is 504 g/mol. The van der Waals surface area contributed by atoms with Crippen LogP contribution in [-0.4, -0.2) is 6.61 Å². The molecule has 206 valence electrons. The summed E-state index contributed by atoms with van der Waals surface area (Å²) in [6.07, 6.45) is 8.45. The van der Waals surface area contributed by atoms with Gasteiger partial charge in [-0.1, -0.05) is 65.2 Å². The van der Waals surface area contributed by atoms with Crippen molar-refractivity contribution in [1.29, 1.82) is 0 Å². The summed E-state index contributed by atoms with van der Waals surface area (Å²) in [5.74, 6) is -17.2. The lowest BCUT2D eigenvalue weighted by Crippen LogP contribution is -2.16. The summed E-state index contributed by atoms with van der Waals surface area (Å²) in [6, 6.07) is 0. The van der Waals surface area contributed by atoms with Gasteiger partial charge in [0.2, 0.25) is 11.6 Å². The second-order valence-corrected chi connectivity index (χ2v) is 9.84. The van der Waals surface area contributed by atoms with E-state index in [1.54, 1.807) is 6.92 Å². The number of unbranched alkanes of at least 4 members (excludes halogenated alkanes) is 2. The molecule has 0 N–H and O–H groups in total. The molecule has 0 atom stereocenters. The fraction of sp³-hybridized carbons (Fsp3) is 0.571. The van der Waals surface area contributed by atoms with E-state index in [-0.39, 0.29) is 31.8 Å². The van der Waals surface area contributed by atoms with Crippen LogP contribution < -0.4 is 4.74 Å². The van der Waals surface area contributed by atoms with E-state index in [2.05, 4.69) is 11.7 Å². The molecule has 0 bridgehead atoms. The van der Waals surface area contributed by atoms with E-state index in [0.29, 0.717) is 5.92 Å². The Morgan fingerprint density at radius 3 is 1.49 bits per heavy atom. The van der Waals surface area contributed by atoms with E-state index in [0.717, 1.165) is 44.9 Å². The van der Waals surface area contributed by atoms with Crippen LogP contribution in [0.1, 0.15) is 83.6 Å². The summed E-state index contributed by atoms with van der Waals surface area (Å²) in [7, 11) is 0. The Kier molecular flexibility index (Phi) is 10.2. The van der Waals surface area contributed by atoms with E-state index < -0.39 is 69.0 Å². The molecule has 0 spiro atoms. The van der Waals surface area contributed by atoms with Crippen molar-refractivity contribution >= 4 is 0 Å². The maximum absolute atomic E-state index is 14.9. The summed E-state index contributed by atoms with van der Waals surface area (Å²) < 4.78 is 122. The Hall–Kier alpha value is -2.32. The first-order chi connectivity index (χ1) is 17.6. The minimum Gasteiger partial charge on any atom is -0.487 e. The third-order valence-corrected chi connectivity index (χ3v) is 7.26. The standard InChI is InChI=1S/C28H32F8O/c1-3-5-6-7-15-8-10-16(11-9-15)12-13-17-20(29)22(31)18(23(32)21(17)30)19-24(33)26(35)28(37-14-4-2)27(36)25(19)34/h15-16H,3-14H2,1-2H3. The number of rotatable bonds is 11. The van der Waals surface area contributed by atoms with Crippen molar-refractivity contribution in [2.75, 3.05) is 6.61 Å². The van der Waals surface area contributed by atoms with Crippen LogP contribution in [0.2, 0.25) is 0 Å². The molecule has 0 radical (unpaired) electrons. The monoisotopic (exact) mass is 536 g/mol. The van der Waals surface area contributed by atoms with Crippen LogP contribution in [0, 0.1) is 58.4 Å². The molecule has 1 aliphatic rings. The second-order valence-electron chi connectivity index (χ2n) is 9.84. The smallest absolute Gasteiger partial charge is 0.204 e. The largest absolute Gasteiger partial charge is 0.487 e. The zero-order chi connectivity index (χ0) is 27.3. The molecule has 0 unspecified atom stereocenters. The Balaban J connectivity index is 1.85. The highest BCUT2D eigenvalue weighted by Gasteiger charge is 2.35. The van der Waals surface area contributed by atoms with E-state index in [1.165, 1.54) is 6.42 Å². The highest BCUT2D eigenvalue weighted by molar-refractivity contribution is 5.69. The van der Waals surface area contributed by atoms with E-state index >= 15 is 0 Å². The van der Waals surface area contributed by atoms with Crippen molar-refractivity contribution < 1.29 is 39.9 Å². The SMILES string of the molecule is CCCCCC1CCC(CCc2c(F)c(F)c(-c3c(F)c(F)c(OCCC)c(F)c3F)c(F)c2F)CC1. The van der Waals surface area contributed by atoms with Gasteiger partial charge in [-0.15, -0.1) is 0 Å². The third kappa shape index (κ3) is 6.23. The number of halogens is 8. The molecular formula is C28H32F8O. The molecule has 1 fully saturated rings. The fourth-order valence-electron chi connectivity index (χ4n) is 5.12. The summed E-state index contributed by atoms with van der Waals surface area (Å²) >= 11 is 0. The summed E-state index contributed by atoms with van der Waals surface area (Å²) in [4.78, 5) is 0. The van der Waals surface area contributed by atoms with Crippen LogP contribution in [0.5, 0.6) is 5.75 Å². The van der Waals surface area contributed by atoms with Crippen LogP contribution in [-0.2, 0) is 6.42 Å². The van der Waals surface area contributed by atoms with Gasteiger partial charge in [0.15, 0.2) is 40.7 Å². The first-order valence-electron chi connectivity index (χ1n) is 13.0. The normalized spacial score (nSPS) is 17.9. The van der Waals surface area contributed by atoms with E-state index in [4.69, 9.17) is 0 Å². The molecule has 2 aromatic carbocycles. The minimum absolute atomic E-state index is 0.126. The third-order valence-electron chi connectivity index (χ3n) is 7.26. The molecule has 0 aromatic heterocycles. The van der Waals surface area contributed by atoms with Crippen molar-refractivity contribution in [3.63, 3.8) is 0 Å². The van der Waals surface area contributed by atoms with Crippen molar-refractivity contribution in [2.24, 2.45) is 11.8 Å². The van der Waals surface area contributed by atoms with E-state index in [9.17, 15) is 35.1 Å². The van der Waals surface area contributed by atoms with Gasteiger partial charge >= 0.3 is 0 Å². The molecule has 3 rings (SSSR count). The van der Waals surface area contributed by atoms with Gasteiger partial charge in [-0.2, -0.15) is 8.78 Å². The Morgan fingerprint density at radius 1 is 0.568 bits per heavy atom. The molecule has 0 aliphatic heterocycles. The lowest BCUT2D eigenvalue weighted by atomic mass is 9.77. The molecule has 1 saturated carbocycles. The number of hydrogen-bond donors (Lipinski definition) is 0. The van der Waals surface area contributed by atoms with Crippen LogP contribution >= 0.6 is 0 Å². The second kappa shape index (κ2) is 13.0. The van der Waals surface area contributed by atoms with Gasteiger partial charge in [-0.05, 0) is 31.1 Å². The average Bonchev–Trinajstić information content (AvgIpc) is 2.89. The fourth-order valence-corrected chi connectivity index (χ4v) is 5.12. The lowest BCUT2D eigenvalue weighted by Gasteiger charge is -2.28. The Bertz CT molecular complexity index is 1030. The van der Waals surface area contributed by atoms with Gasteiger partial charge in [-0.25, -0.2) is 26.3 Å². The molecule has 1 nitrogen and oxygen atoms in total. The molecule has 1 aliphatic carbocycles. The number of ether oxygens (including phenoxy) is 1. The molecule has 0 saturated heterocycles. The van der Waals surface area contributed by atoms with Crippen LogP contribution in [0.15, 0.2) is 0 Å². The maximum atomic E-state index is 14.9. The highest BCUT2D eigenvalue weighted by Crippen LogP contribution is 2.41. The van der Waals surface area contributed by atoms with Crippen LogP contribution in [0.25, 0.3) is 11.1 Å². The Morgan fingerprint density at radius 2 is 1.03 bits per heavy atom. The molecule has 0 amide bonds.